The number of rotatable bonds is 11. The van der Waals surface area contributed by atoms with E-state index >= 15 is 0 Å². The van der Waals surface area contributed by atoms with Gasteiger partial charge in [0, 0.05) is 51.0 Å². The molecular weight excluding hydrogens is 601 g/mol. The van der Waals surface area contributed by atoms with E-state index in [0.717, 1.165) is 16.6 Å². The van der Waals surface area contributed by atoms with Crippen LogP contribution in [0.25, 0.3) is 5.52 Å². The van der Waals surface area contributed by atoms with Crippen molar-refractivity contribution in [1.82, 2.24) is 29.6 Å². The van der Waals surface area contributed by atoms with Crippen molar-refractivity contribution in [3.63, 3.8) is 0 Å². The second kappa shape index (κ2) is 13.3. The second-order valence-electron chi connectivity index (χ2n) is 10.3. The van der Waals surface area contributed by atoms with Crippen molar-refractivity contribution < 1.29 is 36.3 Å². The number of pyridine rings is 1. The quantitative estimate of drug-likeness (QED) is 0.170. The van der Waals surface area contributed by atoms with E-state index in [1.807, 2.05) is 35.2 Å². The van der Waals surface area contributed by atoms with Gasteiger partial charge in [0.25, 0.3) is 5.91 Å². The summed E-state index contributed by atoms with van der Waals surface area (Å²) in [7, 11) is -4.08. The number of hydrogen-bond acceptors (Lipinski definition) is 8. The lowest BCUT2D eigenvalue weighted by atomic mass is 10.1. The lowest BCUT2D eigenvalue weighted by Gasteiger charge is -2.38. The minimum atomic E-state index is -4.69. The van der Waals surface area contributed by atoms with E-state index in [-0.39, 0.29) is 28.3 Å². The van der Waals surface area contributed by atoms with E-state index in [1.165, 1.54) is 36.5 Å². The lowest BCUT2D eigenvalue weighted by molar-refractivity contribution is -0.142. The lowest BCUT2D eigenvalue weighted by Crippen LogP contribution is -2.57. The molecule has 1 atom stereocenters. The number of piperazine rings is 1. The fourth-order valence-electron chi connectivity index (χ4n) is 5.10. The van der Waals surface area contributed by atoms with Gasteiger partial charge in [-0.25, -0.2) is 23.1 Å². The number of hydrogen-bond donors (Lipinski definition) is 3. The summed E-state index contributed by atoms with van der Waals surface area (Å²) >= 11 is 0. The molecule has 1 saturated heterocycles. The predicted molar refractivity (Wildman–Crippen MR) is 153 cm³/mol. The maximum absolute atomic E-state index is 13.6. The van der Waals surface area contributed by atoms with Crippen LogP contribution in [-0.2, 0) is 34.1 Å². The van der Waals surface area contributed by atoms with Crippen LogP contribution >= 0.6 is 0 Å². The van der Waals surface area contributed by atoms with Crippen LogP contribution in [0.2, 0.25) is 0 Å². The van der Waals surface area contributed by atoms with Gasteiger partial charge < -0.3 is 4.74 Å². The summed E-state index contributed by atoms with van der Waals surface area (Å²) in [6.07, 6.45) is -3.28. The number of nitrogens with zero attached hydrogens (tertiary/aromatic N) is 4. The highest BCUT2D eigenvalue weighted by Gasteiger charge is 2.38. The molecule has 2 aromatic heterocycles. The van der Waals surface area contributed by atoms with Gasteiger partial charge in [-0.1, -0.05) is 36.4 Å². The summed E-state index contributed by atoms with van der Waals surface area (Å²) in [6, 6.07) is 18.8. The SMILES string of the molecule is O=C(NO)C(CNS(=O)(=O)c1ccc(OCc2c(C(F)(F)F)nn3ccccc23)cc1)N1CCN(Cc2ccccc2)CC1. The number of benzene rings is 2. The van der Waals surface area contributed by atoms with Gasteiger partial charge in [-0.2, -0.15) is 18.3 Å². The van der Waals surface area contributed by atoms with Crippen molar-refractivity contribution >= 4 is 21.4 Å². The first kappa shape index (κ1) is 31.4. The number of halogens is 3. The first-order chi connectivity index (χ1) is 21.0. The van der Waals surface area contributed by atoms with Crippen LogP contribution in [0.4, 0.5) is 13.2 Å². The van der Waals surface area contributed by atoms with Crippen molar-refractivity contribution in [3.8, 4) is 5.75 Å². The minimum Gasteiger partial charge on any atom is -0.489 e. The van der Waals surface area contributed by atoms with Gasteiger partial charge in [-0.15, -0.1) is 0 Å². The number of aromatic nitrogens is 2. The van der Waals surface area contributed by atoms with Gasteiger partial charge in [0.1, 0.15) is 18.4 Å². The molecule has 0 bridgehead atoms. The van der Waals surface area contributed by atoms with Gasteiger partial charge in [0.15, 0.2) is 5.69 Å². The monoisotopic (exact) mass is 632 g/mol. The van der Waals surface area contributed by atoms with E-state index in [1.54, 1.807) is 17.6 Å². The summed E-state index contributed by atoms with van der Waals surface area (Å²) < 4.78 is 75.9. The average Bonchev–Trinajstić information content (AvgIpc) is 3.41. The Morgan fingerprint density at radius 3 is 2.32 bits per heavy atom. The molecule has 44 heavy (non-hydrogen) atoms. The molecule has 11 nitrogen and oxygen atoms in total. The molecule has 5 rings (SSSR count). The smallest absolute Gasteiger partial charge is 0.435 e. The number of carbonyl (C=O) groups excluding carboxylic acids is 1. The van der Waals surface area contributed by atoms with Crippen LogP contribution in [-0.4, -0.2) is 77.7 Å². The van der Waals surface area contributed by atoms with Gasteiger partial charge >= 0.3 is 6.18 Å². The Balaban J connectivity index is 1.19. The number of amides is 1. The third-order valence-electron chi connectivity index (χ3n) is 7.40. The van der Waals surface area contributed by atoms with Gasteiger partial charge in [0.05, 0.1) is 10.4 Å². The molecule has 3 N–H and O–H groups in total. The standard InChI is InChI=1S/C29H31F3N6O5S/c30-29(31,32)27-24(25-8-4-5-13-38(25)34-27)20-43-22-9-11-23(12-10-22)44(41,42)33-18-26(28(39)35-40)37-16-14-36(15-17-37)19-21-6-2-1-3-7-21/h1-13,26,33,40H,14-20H2,(H,35,39). The van der Waals surface area contributed by atoms with Crippen molar-refractivity contribution in [2.45, 2.75) is 30.3 Å². The molecule has 2 aromatic carbocycles. The Labute approximate surface area is 251 Å². The first-order valence-electron chi connectivity index (χ1n) is 13.8. The number of sulfonamides is 1. The zero-order valence-electron chi connectivity index (χ0n) is 23.4. The molecule has 0 aliphatic carbocycles. The number of nitrogens with one attached hydrogen (secondary N) is 2. The molecule has 15 heteroatoms. The van der Waals surface area contributed by atoms with E-state index < -0.39 is 40.4 Å². The van der Waals surface area contributed by atoms with Crippen LogP contribution in [0.1, 0.15) is 16.8 Å². The third-order valence-corrected chi connectivity index (χ3v) is 8.84. The van der Waals surface area contributed by atoms with Crippen LogP contribution in [0.5, 0.6) is 5.75 Å². The first-order valence-corrected chi connectivity index (χ1v) is 15.2. The number of hydroxylamine groups is 1. The summed E-state index contributed by atoms with van der Waals surface area (Å²) in [5, 5.41) is 12.9. The van der Waals surface area contributed by atoms with Crippen LogP contribution in [0.15, 0.2) is 83.9 Å². The third kappa shape index (κ3) is 7.36. The van der Waals surface area contributed by atoms with Crippen LogP contribution in [0.3, 0.4) is 0 Å². The van der Waals surface area contributed by atoms with Crippen molar-refractivity contribution in [2.24, 2.45) is 0 Å². The Bertz CT molecular complexity index is 1680. The van der Waals surface area contributed by atoms with E-state index in [0.29, 0.717) is 26.2 Å². The molecule has 1 unspecified atom stereocenters. The Morgan fingerprint density at radius 2 is 1.66 bits per heavy atom. The predicted octanol–water partition coefficient (Wildman–Crippen LogP) is 2.90. The maximum Gasteiger partial charge on any atom is 0.435 e. The molecule has 4 aromatic rings. The maximum atomic E-state index is 13.6. The zero-order valence-corrected chi connectivity index (χ0v) is 24.3. The Morgan fingerprint density at radius 1 is 0.977 bits per heavy atom. The molecule has 1 aliphatic rings. The van der Waals surface area contributed by atoms with Crippen LogP contribution in [0, 0.1) is 0 Å². The molecule has 1 fully saturated rings. The highest BCUT2D eigenvalue weighted by molar-refractivity contribution is 7.89. The molecular formula is C29H31F3N6O5S. The molecule has 1 amide bonds. The number of fused-ring (bicyclic) bond motifs is 1. The van der Waals surface area contributed by atoms with Crippen LogP contribution < -0.4 is 14.9 Å². The summed E-state index contributed by atoms with van der Waals surface area (Å²) in [5.41, 5.74) is 1.81. The summed E-state index contributed by atoms with van der Waals surface area (Å²) in [5.74, 6) is -0.586. The largest absolute Gasteiger partial charge is 0.489 e. The molecule has 0 spiro atoms. The minimum absolute atomic E-state index is 0.132. The zero-order chi connectivity index (χ0) is 31.3. The number of ether oxygens (including phenoxy) is 1. The van der Waals surface area contributed by atoms with E-state index in [2.05, 4.69) is 14.7 Å². The number of alkyl halides is 3. The summed E-state index contributed by atoms with van der Waals surface area (Å²) in [4.78, 5) is 16.4. The molecule has 0 saturated carbocycles. The molecule has 3 heterocycles. The Kier molecular flexibility index (Phi) is 9.51. The normalized spacial score (nSPS) is 15.7. The highest BCUT2D eigenvalue weighted by atomic mass is 32.2. The second-order valence-corrected chi connectivity index (χ2v) is 12.0. The number of carbonyl (C=O) groups is 1. The van der Waals surface area contributed by atoms with Crippen molar-refractivity contribution in [1.29, 1.82) is 0 Å². The van der Waals surface area contributed by atoms with E-state index in [9.17, 15) is 31.6 Å². The summed E-state index contributed by atoms with van der Waals surface area (Å²) in [6.45, 7) is 2.30. The molecule has 1 aliphatic heterocycles. The highest BCUT2D eigenvalue weighted by Crippen LogP contribution is 2.33. The fourth-order valence-corrected chi connectivity index (χ4v) is 6.14. The fraction of sp³-hybridized carbons (Fsp3) is 0.310. The van der Waals surface area contributed by atoms with Crippen molar-refractivity contribution in [2.75, 3.05) is 32.7 Å². The molecule has 0 radical (unpaired) electrons. The Hall–Kier alpha value is -4.02. The van der Waals surface area contributed by atoms with Gasteiger partial charge in [0.2, 0.25) is 10.0 Å². The van der Waals surface area contributed by atoms with Gasteiger partial charge in [-0.05, 0) is 42.0 Å². The van der Waals surface area contributed by atoms with E-state index in [4.69, 9.17) is 4.74 Å². The molecule has 234 valence electrons. The average molecular weight is 633 g/mol. The topological polar surface area (TPSA) is 129 Å². The van der Waals surface area contributed by atoms with Crippen molar-refractivity contribution in [3.05, 3.63) is 95.8 Å². The van der Waals surface area contributed by atoms with Gasteiger partial charge in [-0.3, -0.25) is 19.8 Å².